The van der Waals surface area contributed by atoms with E-state index in [1.165, 1.54) is 18.5 Å². The molecular formula is C10H15ClN4. The Hall–Kier alpha value is -0.870. The largest absolute Gasteiger partial charge is 0.367 e. The van der Waals surface area contributed by atoms with Gasteiger partial charge in [0.2, 0.25) is 0 Å². The van der Waals surface area contributed by atoms with Crippen molar-refractivity contribution in [3.8, 4) is 0 Å². The van der Waals surface area contributed by atoms with Crippen molar-refractivity contribution in [1.29, 1.82) is 0 Å². The fourth-order valence-corrected chi connectivity index (χ4v) is 2.74. The molecule has 15 heavy (non-hydrogen) atoms. The fraction of sp³-hybridized carbons (Fsp3) is 0.600. The number of hydrogen-bond acceptors (Lipinski definition) is 4. The highest BCUT2D eigenvalue weighted by molar-refractivity contribution is 6.29. The molecule has 3 N–H and O–H groups in total. The zero-order valence-corrected chi connectivity index (χ0v) is 9.22. The standard InChI is InChI=1S/C10H15ClN4/c11-10-3-9(4-12-14-10)15-5-7-1-2-8(6-15)13-7/h3-4,7-8,12-14H,1-2,5-6H2. The van der Waals surface area contributed by atoms with E-state index < -0.39 is 0 Å². The number of hydrogen-bond donors (Lipinski definition) is 3. The maximum absolute atomic E-state index is 5.92. The minimum atomic E-state index is 0.651. The molecule has 0 aliphatic carbocycles. The van der Waals surface area contributed by atoms with Gasteiger partial charge in [-0.1, -0.05) is 11.6 Å². The predicted octanol–water partition coefficient (Wildman–Crippen LogP) is 0.452. The monoisotopic (exact) mass is 226 g/mol. The van der Waals surface area contributed by atoms with E-state index in [1.807, 2.05) is 12.3 Å². The molecule has 2 unspecified atom stereocenters. The molecule has 3 aliphatic rings. The van der Waals surface area contributed by atoms with Crippen LogP contribution in [0.25, 0.3) is 0 Å². The van der Waals surface area contributed by atoms with E-state index in [9.17, 15) is 0 Å². The van der Waals surface area contributed by atoms with Gasteiger partial charge in [-0.3, -0.25) is 5.43 Å². The van der Waals surface area contributed by atoms with Crippen molar-refractivity contribution in [1.82, 2.24) is 21.1 Å². The van der Waals surface area contributed by atoms with E-state index in [0.29, 0.717) is 17.2 Å². The molecule has 5 heteroatoms. The van der Waals surface area contributed by atoms with Crippen molar-refractivity contribution >= 4 is 11.6 Å². The van der Waals surface area contributed by atoms with Crippen molar-refractivity contribution in [3.05, 3.63) is 23.1 Å². The van der Waals surface area contributed by atoms with Crippen LogP contribution in [0.15, 0.2) is 23.1 Å². The van der Waals surface area contributed by atoms with Crippen molar-refractivity contribution in [2.45, 2.75) is 24.9 Å². The first-order chi connectivity index (χ1) is 7.31. The minimum absolute atomic E-state index is 0.651. The molecule has 0 amide bonds. The average molecular weight is 227 g/mol. The molecular weight excluding hydrogens is 212 g/mol. The number of rotatable bonds is 1. The summed E-state index contributed by atoms with van der Waals surface area (Å²) in [4.78, 5) is 2.40. The van der Waals surface area contributed by atoms with Crippen LogP contribution in [0, 0.1) is 0 Å². The van der Waals surface area contributed by atoms with Gasteiger partial charge >= 0.3 is 0 Å². The van der Waals surface area contributed by atoms with Crippen LogP contribution in [0.1, 0.15) is 12.8 Å². The second-order valence-corrected chi connectivity index (χ2v) is 4.78. The summed E-state index contributed by atoms with van der Waals surface area (Å²) in [6, 6.07) is 1.32. The lowest BCUT2D eigenvalue weighted by atomic mass is 10.2. The van der Waals surface area contributed by atoms with Crippen molar-refractivity contribution in [2.24, 2.45) is 0 Å². The summed E-state index contributed by atoms with van der Waals surface area (Å²) in [5.41, 5.74) is 6.98. The minimum Gasteiger partial charge on any atom is -0.367 e. The van der Waals surface area contributed by atoms with E-state index in [0.717, 1.165) is 13.1 Å². The van der Waals surface area contributed by atoms with E-state index in [-0.39, 0.29) is 0 Å². The molecule has 3 heterocycles. The van der Waals surface area contributed by atoms with Gasteiger partial charge in [0.05, 0.1) is 5.70 Å². The van der Waals surface area contributed by atoms with Gasteiger partial charge in [-0.05, 0) is 18.9 Å². The van der Waals surface area contributed by atoms with Gasteiger partial charge in [0.25, 0.3) is 0 Å². The Kier molecular flexibility index (Phi) is 2.25. The summed E-state index contributed by atoms with van der Waals surface area (Å²) in [5.74, 6) is 0. The Morgan fingerprint density at radius 3 is 2.67 bits per heavy atom. The third kappa shape index (κ3) is 1.79. The second-order valence-electron chi connectivity index (χ2n) is 4.37. The number of nitrogens with one attached hydrogen (secondary N) is 3. The smallest absolute Gasteiger partial charge is 0.122 e. The third-order valence-corrected chi connectivity index (χ3v) is 3.47. The van der Waals surface area contributed by atoms with Gasteiger partial charge in [0.1, 0.15) is 5.16 Å². The number of fused-ring (bicyclic) bond motifs is 2. The molecule has 2 saturated heterocycles. The SMILES string of the molecule is ClC1=CC(N2CC3CCC(C2)N3)=CNN1. The van der Waals surface area contributed by atoms with Gasteiger partial charge < -0.3 is 15.6 Å². The Balaban J connectivity index is 1.75. The Morgan fingerprint density at radius 2 is 2.00 bits per heavy atom. The lowest BCUT2D eigenvalue weighted by Gasteiger charge is -2.36. The van der Waals surface area contributed by atoms with E-state index in [4.69, 9.17) is 11.6 Å². The molecule has 0 aromatic carbocycles. The van der Waals surface area contributed by atoms with Crippen LogP contribution in [0.3, 0.4) is 0 Å². The molecule has 82 valence electrons. The zero-order chi connectivity index (χ0) is 10.3. The van der Waals surface area contributed by atoms with Crippen LogP contribution in [-0.2, 0) is 0 Å². The molecule has 3 rings (SSSR count). The normalized spacial score (nSPS) is 34.1. The van der Waals surface area contributed by atoms with E-state index in [2.05, 4.69) is 21.1 Å². The second kappa shape index (κ2) is 3.61. The van der Waals surface area contributed by atoms with Crippen molar-refractivity contribution < 1.29 is 0 Å². The molecule has 2 bridgehead atoms. The number of hydrazine groups is 1. The van der Waals surface area contributed by atoms with Crippen LogP contribution in [0.2, 0.25) is 0 Å². The summed E-state index contributed by atoms with van der Waals surface area (Å²) in [7, 11) is 0. The summed E-state index contributed by atoms with van der Waals surface area (Å²) in [5, 5.41) is 4.26. The Morgan fingerprint density at radius 1 is 1.27 bits per heavy atom. The van der Waals surface area contributed by atoms with E-state index in [1.54, 1.807) is 0 Å². The molecule has 0 saturated carbocycles. The summed E-state index contributed by atoms with van der Waals surface area (Å²) in [6.45, 7) is 2.18. The van der Waals surface area contributed by atoms with Gasteiger partial charge in [0, 0.05) is 31.4 Å². The maximum Gasteiger partial charge on any atom is 0.122 e. The van der Waals surface area contributed by atoms with Crippen LogP contribution in [-0.4, -0.2) is 30.1 Å². The Bertz CT molecular complexity index is 313. The highest BCUT2D eigenvalue weighted by atomic mass is 35.5. The lowest BCUT2D eigenvalue weighted by Crippen LogP contribution is -2.51. The summed E-state index contributed by atoms with van der Waals surface area (Å²) >= 11 is 5.92. The van der Waals surface area contributed by atoms with Crippen LogP contribution in [0.5, 0.6) is 0 Å². The first kappa shape index (κ1) is 9.36. The van der Waals surface area contributed by atoms with E-state index >= 15 is 0 Å². The molecule has 2 atom stereocenters. The fourth-order valence-electron chi connectivity index (χ4n) is 2.58. The Labute approximate surface area is 94.3 Å². The quantitative estimate of drug-likeness (QED) is 0.568. The molecule has 0 aromatic rings. The van der Waals surface area contributed by atoms with Gasteiger partial charge in [0.15, 0.2) is 0 Å². The highest BCUT2D eigenvalue weighted by Gasteiger charge is 2.32. The van der Waals surface area contributed by atoms with Crippen LogP contribution < -0.4 is 16.2 Å². The molecule has 0 aromatic heterocycles. The number of piperazine rings is 1. The molecule has 3 aliphatic heterocycles. The molecule has 2 fully saturated rings. The molecule has 0 radical (unpaired) electrons. The summed E-state index contributed by atoms with van der Waals surface area (Å²) < 4.78 is 0. The van der Waals surface area contributed by atoms with Gasteiger partial charge in [-0.25, -0.2) is 0 Å². The lowest BCUT2D eigenvalue weighted by molar-refractivity contribution is 0.247. The van der Waals surface area contributed by atoms with Crippen molar-refractivity contribution in [2.75, 3.05) is 13.1 Å². The number of allylic oxidation sites excluding steroid dienone is 1. The molecule has 4 nitrogen and oxygen atoms in total. The number of halogens is 1. The van der Waals surface area contributed by atoms with Crippen molar-refractivity contribution in [3.63, 3.8) is 0 Å². The maximum atomic E-state index is 5.92. The average Bonchev–Trinajstić information content (AvgIpc) is 2.58. The van der Waals surface area contributed by atoms with Gasteiger partial charge in [-0.2, -0.15) is 0 Å². The third-order valence-electron chi connectivity index (χ3n) is 3.27. The number of nitrogens with zero attached hydrogens (tertiary/aromatic N) is 1. The zero-order valence-electron chi connectivity index (χ0n) is 8.46. The molecule has 0 spiro atoms. The summed E-state index contributed by atoms with van der Waals surface area (Å²) in [6.07, 6.45) is 6.55. The van der Waals surface area contributed by atoms with Crippen LogP contribution in [0.4, 0.5) is 0 Å². The number of likely N-dealkylation sites (tertiary alicyclic amines) is 1. The highest BCUT2D eigenvalue weighted by Crippen LogP contribution is 2.24. The topological polar surface area (TPSA) is 39.3 Å². The first-order valence-electron chi connectivity index (χ1n) is 5.41. The van der Waals surface area contributed by atoms with Crippen LogP contribution >= 0.6 is 11.6 Å². The first-order valence-corrected chi connectivity index (χ1v) is 5.79. The predicted molar refractivity (Wildman–Crippen MR) is 59.8 cm³/mol. The van der Waals surface area contributed by atoms with Gasteiger partial charge in [-0.15, -0.1) is 0 Å².